The Morgan fingerprint density at radius 2 is 1.13 bits per heavy atom. The number of fused-ring (bicyclic) bond motifs is 3. The summed E-state index contributed by atoms with van der Waals surface area (Å²) in [7, 11) is 0. The summed E-state index contributed by atoms with van der Waals surface area (Å²) in [4.78, 5) is 10.1. The van der Waals surface area contributed by atoms with Crippen LogP contribution in [0.2, 0.25) is 0 Å². The standard InChI is InChI=1S/C29H20N2/c1-4-10-20(11-5-1)23-16-17-24-19-26-27(25(24)18-23)28(21-12-6-2-7-13-21)31-29(30-26)22-14-8-3-9-15-22/h1-18H,19H2. The van der Waals surface area contributed by atoms with Crippen LogP contribution in [0, 0.1) is 0 Å². The van der Waals surface area contributed by atoms with E-state index < -0.39 is 0 Å². The van der Waals surface area contributed by atoms with E-state index in [1.807, 2.05) is 24.3 Å². The third-order valence-corrected chi connectivity index (χ3v) is 5.91. The minimum absolute atomic E-state index is 0.786. The monoisotopic (exact) mass is 396 g/mol. The number of hydrogen-bond acceptors (Lipinski definition) is 2. The fraction of sp³-hybridized carbons (Fsp3) is 0.0345. The number of rotatable bonds is 3. The van der Waals surface area contributed by atoms with E-state index in [4.69, 9.17) is 9.97 Å². The third-order valence-electron chi connectivity index (χ3n) is 5.91. The molecule has 0 radical (unpaired) electrons. The Hall–Kier alpha value is -4.04. The molecule has 0 N–H and O–H groups in total. The van der Waals surface area contributed by atoms with E-state index in [-0.39, 0.29) is 0 Å². The molecule has 5 aromatic rings. The summed E-state index contributed by atoms with van der Waals surface area (Å²) >= 11 is 0. The summed E-state index contributed by atoms with van der Waals surface area (Å²) in [5, 5.41) is 0. The summed E-state index contributed by atoms with van der Waals surface area (Å²) in [6, 6.07) is 38.0. The Morgan fingerprint density at radius 1 is 0.516 bits per heavy atom. The van der Waals surface area contributed by atoms with Gasteiger partial charge in [-0.25, -0.2) is 9.97 Å². The van der Waals surface area contributed by atoms with E-state index >= 15 is 0 Å². The lowest BCUT2D eigenvalue weighted by Gasteiger charge is -2.12. The van der Waals surface area contributed by atoms with Gasteiger partial charge in [0.25, 0.3) is 0 Å². The Bertz CT molecular complexity index is 1380. The van der Waals surface area contributed by atoms with Gasteiger partial charge in [-0.2, -0.15) is 0 Å². The predicted molar refractivity (Wildman–Crippen MR) is 127 cm³/mol. The molecule has 146 valence electrons. The van der Waals surface area contributed by atoms with Crippen molar-refractivity contribution in [2.45, 2.75) is 6.42 Å². The van der Waals surface area contributed by atoms with Crippen molar-refractivity contribution in [3.05, 3.63) is 120 Å². The van der Waals surface area contributed by atoms with Gasteiger partial charge in [-0.15, -0.1) is 0 Å². The Balaban J connectivity index is 1.58. The summed E-state index contributed by atoms with van der Waals surface area (Å²) < 4.78 is 0. The van der Waals surface area contributed by atoms with Gasteiger partial charge in [-0.1, -0.05) is 103 Å². The van der Waals surface area contributed by atoms with Crippen molar-refractivity contribution in [2.75, 3.05) is 0 Å². The molecule has 0 bridgehead atoms. The molecule has 4 aromatic carbocycles. The van der Waals surface area contributed by atoms with Crippen molar-refractivity contribution in [1.82, 2.24) is 9.97 Å². The topological polar surface area (TPSA) is 25.8 Å². The normalized spacial score (nSPS) is 11.7. The van der Waals surface area contributed by atoms with Crippen molar-refractivity contribution in [3.8, 4) is 44.9 Å². The second-order valence-electron chi connectivity index (χ2n) is 7.86. The van der Waals surface area contributed by atoms with Gasteiger partial charge >= 0.3 is 0 Å². The minimum atomic E-state index is 0.786. The fourth-order valence-electron chi connectivity index (χ4n) is 4.39. The van der Waals surface area contributed by atoms with Crippen LogP contribution in [-0.2, 0) is 6.42 Å². The number of benzene rings is 4. The van der Waals surface area contributed by atoms with Gasteiger partial charge in [-0.05, 0) is 28.3 Å². The summed E-state index contributed by atoms with van der Waals surface area (Å²) in [5.41, 5.74) is 10.4. The smallest absolute Gasteiger partial charge is 0.160 e. The van der Waals surface area contributed by atoms with Crippen molar-refractivity contribution >= 4 is 0 Å². The summed E-state index contributed by atoms with van der Waals surface area (Å²) in [6.07, 6.45) is 0.835. The second kappa shape index (κ2) is 7.33. The van der Waals surface area contributed by atoms with E-state index in [1.54, 1.807) is 0 Å². The van der Waals surface area contributed by atoms with Crippen LogP contribution in [0.5, 0.6) is 0 Å². The maximum absolute atomic E-state index is 5.08. The largest absolute Gasteiger partial charge is 0.232 e. The highest BCUT2D eigenvalue weighted by Gasteiger charge is 2.26. The van der Waals surface area contributed by atoms with Crippen LogP contribution < -0.4 is 0 Å². The minimum Gasteiger partial charge on any atom is -0.232 e. The summed E-state index contributed by atoms with van der Waals surface area (Å²) in [6.45, 7) is 0. The first-order chi connectivity index (χ1) is 15.4. The average molecular weight is 396 g/mol. The highest BCUT2D eigenvalue weighted by atomic mass is 14.9. The first kappa shape index (κ1) is 17.8. The van der Waals surface area contributed by atoms with Crippen molar-refractivity contribution in [2.24, 2.45) is 0 Å². The van der Waals surface area contributed by atoms with Gasteiger partial charge < -0.3 is 0 Å². The molecule has 0 aliphatic heterocycles. The molecule has 0 saturated carbocycles. The summed E-state index contributed by atoms with van der Waals surface area (Å²) in [5.74, 6) is 0.786. The quantitative estimate of drug-likeness (QED) is 0.320. The predicted octanol–water partition coefficient (Wildman–Crippen LogP) is 7.05. The van der Waals surface area contributed by atoms with Crippen LogP contribution in [0.1, 0.15) is 11.3 Å². The van der Waals surface area contributed by atoms with E-state index in [0.717, 1.165) is 34.8 Å². The molecule has 1 aliphatic rings. The zero-order chi connectivity index (χ0) is 20.6. The Labute approximate surface area is 181 Å². The molecule has 0 spiro atoms. The molecular formula is C29H20N2. The van der Waals surface area contributed by atoms with Gasteiger partial charge in [0.2, 0.25) is 0 Å². The SMILES string of the molecule is c1ccc(-c2ccc3c(c2)-c2c(nc(-c4ccccc4)nc2-c2ccccc2)C3)cc1. The highest BCUT2D eigenvalue weighted by molar-refractivity contribution is 5.90. The molecule has 1 heterocycles. The van der Waals surface area contributed by atoms with E-state index in [9.17, 15) is 0 Å². The van der Waals surface area contributed by atoms with Gasteiger partial charge in [-0.3, -0.25) is 0 Å². The zero-order valence-electron chi connectivity index (χ0n) is 17.0. The van der Waals surface area contributed by atoms with Crippen LogP contribution in [0.4, 0.5) is 0 Å². The molecule has 1 aromatic heterocycles. The molecule has 2 heteroatoms. The van der Waals surface area contributed by atoms with Crippen LogP contribution in [0.15, 0.2) is 109 Å². The number of aromatic nitrogens is 2. The lowest BCUT2D eigenvalue weighted by Crippen LogP contribution is -1.99. The molecular weight excluding hydrogens is 376 g/mol. The average Bonchev–Trinajstić information content (AvgIpc) is 3.23. The Morgan fingerprint density at radius 3 is 1.81 bits per heavy atom. The van der Waals surface area contributed by atoms with Gasteiger partial charge in [0.05, 0.1) is 11.4 Å². The van der Waals surface area contributed by atoms with E-state index in [2.05, 4.69) is 84.9 Å². The van der Waals surface area contributed by atoms with Gasteiger partial charge in [0.1, 0.15) is 0 Å². The van der Waals surface area contributed by atoms with Crippen LogP contribution >= 0.6 is 0 Å². The zero-order valence-corrected chi connectivity index (χ0v) is 17.0. The Kier molecular flexibility index (Phi) is 4.21. The first-order valence-electron chi connectivity index (χ1n) is 10.6. The lowest BCUT2D eigenvalue weighted by molar-refractivity contribution is 1.08. The third kappa shape index (κ3) is 3.13. The molecule has 0 amide bonds. The van der Waals surface area contributed by atoms with Crippen LogP contribution in [0.25, 0.3) is 44.9 Å². The highest BCUT2D eigenvalue weighted by Crippen LogP contribution is 2.43. The number of nitrogens with zero attached hydrogens (tertiary/aromatic N) is 2. The van der Waals surface area contributed by atoms with Crippen molar-refractivity contribution in [3.63, 3.8) is 0 Å². The molecule has 0 unspecified atom stereocenters. The fourth-order valence-corrected chi connectivity index (χ4v) is 4.39. The maximum atomic E-state index is 5.08. The molecule has 2 nitrogen and oxygen atoms in total. The molecule has 6 rings (SSSR count). The molecule has 0 saturated heterocycles. The molecule has 31 heavy (non-hydrogen) atoms. The molecule has 0 fully saturated rings. The molecule has 1 aliphatic carbocycles. The van der Waals surface area contributed by atoms with E-state index in [1.165, 1.54) is 27.8 Å². The van der Waals surface area contributed by atoms with Crippen molar-refractivity contribution in [1.29, 1.82) is 0 Å². The van der Waals surface area contributed by atoms with Crippen LogP contribution in [-0.4, -0.2) is 9.97 Å². The molecule has 0 atom stereocenters. The second-order valence-corrected chi connectivity index (χ2v) is 7.86. The lowest BCUT2D eigenvalue weighted by atomic mass is 9.96. The number of hydrogen-bond donors (Lipinski definition) is 0. The van der Waals surface area contributed by atoms with Crippen molar-refractivity contribution < 1.29 is 0 Å². The van der Waals surface area contributed by atoms with Crippen LogP contribution in [0.3, 0.4) is 0 Å². The first-order valence-corrected chi connectivity index (χ1v) is 10.6. The van der Waals surface area contributed by atoms with Gasteiger partial charge in [0.15, 0.2) is 5.82 Å². The van der Waals surface area contributed by atoms with E-state index in [0.29, 0.717) is 0 Å². The van der Waals surface area contributed by atoms with Gasteiger partial charge in [0, 0.05) is 23.1 Å². The maximum Gasteiger partial charge on any atom is 0.160 e.